The minimum atomic E-state index is 0.0192. The number of amidine groups is 1. The number of nitrogens with zero attached hydrogens (tertiary/aromatic N) is 3. The fourth-order valence-electron chi connectivity index (χ4n) is 4.56. The Morgan fingerprint density at radius 1 is 1.03 bits per heavy atom. The number of benzene rings is 2. The van der Waals surface area contributed by atoms with Gasteiger partial charge in [-0.15, -0.1) is 0 Å². The van der Waals surface area contributed by atoms with Gasteiger partial charge >= 0.3 is 0 Å². The Morgan fingerprint density at radius 2 is 1.82 bits per heavy atom. The number of carbonyl (C=O) groups is 1. The fraction of sp³-hybridized carbons (Fsp3) is 0.360. The number of amides is 1. The summed E-state index contributed by atoms with van der Waals surface area (Å²) in [6, 6.07) is 11.5. The zero-order chi connectivity index (χ0) is 23.8. The molecule has 2 aromatic rings. The number of methoxy groups -OCH3 is 2. The van der Waals surface area contributed by atoms with Crippen molar-refractivity contribution in [3.05, 3.63) is 51.4 Å². The van der Waals surface area contributed by atoms with Gasteiger partial charge in [-0.1, -0.05) is 42.6 Å². The van der Waals surface area contributed by atoms with Crippen LogP contribution in [0, 0.1) is 0 Å². The molecule has 178 valence electrons. The molecular weight excluding hydrogens is 490 g/mol. The molecule has 1 saturated carbocycles. The SMILES string of the molecule is COc1ccc2c(c1)N(C)C(=C1SC(=Nc3cc(Cl)ccc3OC)N(C3CCCCC3)C1=O)S2. The Hall–Kier alpha value is -2.29. The zero-order valence-corrected chi connectivity index (χ0v) is 21.7. The summed E-state index contributed by atoms with van der Waals surface area (Å²) in [6.07, 6.45) is 5.43. The van der Waals surface area contributed by atoms with E-state index in [4.69, 9.17) is 26.1 Å². The molecule has 9 heteroatoms. The van der Waals surface area contributed by atoms with E-state index in [0.717, 1.165) is 47.0 Å². The standard InChI is InChI=1S/C25H26ClN3O3S2/c1-28-19-14-17(31-2)10-12-21(19)33-24(28)22-23(30)29(16-7-5-4-6-8-16)25(34-22)27-18-13-15(26)9-11-20(18)32-3/h9-14,16H,4-8H2,1-3H3. The molecule has 0 atom stereocenters. The predicted octanol–water partition coefficient (Wildman–Crippen LogP) is 6.66. The van der Waals surface area contributed by atoms with E-state index in [0.29, 0.717) is 26.5 Å². The van der Waals surface area contributed by atoms with E-state index in [9.17, 15) is 4.79 Å². The van der Waals surface area contributed by atoms with Gasteiger partial charge in [-0.05, 0) is 54.9 Å². The van der Waals surface area contributed by atoms with Crippen molar-refractivity contribution < 1.29 is 14.3 Å². The second-order valence-electron chi connectivity index (χ2n) is 8.41. The Labute approximate surface area is 213 Å². The Balaban J connectivity index is 1.57. The molecule has 2 aliphatic heterocycles. The second kappa shape index (κ2) is 9.76. The van der Waals surface area contributed by atoms with Crippen molar-refractivity contribution >= 4 is 57.6 Å². The third-order valence-corrected chi connectivity index (χ3v) is 8.99. The third kappa shape index (κ3) is 4.27. The van der Waals surface area contributed by atoms with E-state index in [-0.39, 0.29) is 11.9 Å². The molecule has 0 N–H and O–H groups in total. The predicted molar refractivity (Wildman–Crippen MR) is 141 cm³/mol. The molecule has 1 saturated heterocycles. The smallest absolute Gasteiger partial charge is 0.269 e. The quantitative estimate of drug-likeness (QED) is 0.424. The highest BCUT2D eigenvalue weighted by molar-refractivity contribution is 8.19. The number of anilines is 1. The van der Waals surface area contributed by atoms with Crippen LogP contribution in [0.3, 0.4) is 0 Å². The normalized spacial score (nSPS) is 22.0. The molecule has 0 radical (unpaired) electrons. The number of rotatable bonds is 4. The molecule has 2 heterocycles. The van der Waals surface area contributed by atoms with Crippen molar-refractivity contribution in [2.24, 2.45) is 4.99 Å². The lowest BCUT2D eigenvalue weighted by Gasteiger charge is -2.30. The molecule has 34 heavy (non-hydrogen) atoms. The molecule has 3 aliphatic rings. The van der Waals surface area contributed by atoms with Gasteiger partial charge in [0.1, 0.15) is 22.1 Å². The number of hydrogen-bond acceptors (Lipinski definition) is 7. The summed E-state index contributed by atoms with van der Waals surface area (Å²) in [4.78, 5) is 24.6. The molecule has 1 amide bonds. The first-order chi connectivity index (χ1) is 16.5. The van der Waals surface area contributed by atoms with Gasteiger partial charge in [-0.2, -0.15) is 0 Å². The first-order valence-electron chi connectivity index (χ1n) is 11.3. The highest BCUT2D eigenvalue weighted by Crippen LogP contribution is 2.51. The van der Waals surface area contributed by atoms with Gasteiger partial charge in [0.2, 0.25) is 0 Å². The lowest BCUT2D eigenvalue weighted by molar-refractivity contribution is -0.124. The largest absolute Gasteiger partial charge is 0.497 e. The number of fused-ring (bicyclic) bond motifs is 1. The maximum Gasteiger partial charge on any atom is 0.269 e. The Morgan fingerprint density at radius 3 is 2.56 bits per heavy atom. The zero-order valence-electron chi connectivity index (χ0n) is 19.3. The van der Waals surface area contributed by atoms with E-state index < -0.39 is 0 Å². The summed E-state index contributed by atoms with van der Waals surface area (Å²) >= 11 is 9.31. The summed E-state index contributed by atoms with van der Waals surface area (Å²) in [5.41, 5.74) is 1.66. The van der Waals surface area contributed by atoms with E-state index in [1.54, 1.807) is 44.2 Å². The van der Waals surface area contributed by atoms with Crippen LogP contribution < -0.4 is 14.4 Å². The van der Waals surface area contributed by atoms with Gasteiger partial charge in [0.05, 0.1) is 24.9 Å². The van der Waals surface area contributed by atoms with Crippen molar-refractivity contribution in [2.45, 2.75) is 43.0 Å². The Kier molecular flexibility index (Phi) is 6.73. The highest BCUT2D eigenvalue weighted by Gasteiger charge is 2.42. The number of aliphatic imine (C=N–C) groups is 1. The first-order valence-corrected chi connectivity index (χ1v) is 13.3. The second-order valence-corrected chi connectivity index (χ2v) is 10.9. The van der Waals surface area contributed by atoms with Crippen molar-refractivity contribution in [3.8, 4) is 11.5 Å². The van der Waals surface area contributed by atoms with Crippen molar-refractivity contribution in [1.29, 1.82) is 0 Å². The summed E-state index contributed by atoms with van der Waals surface area (Å²) in [7, 11) is 5.27. The average molecular weight is 516 g/mol. The molecule has 0 aromatic heterocycles. The topological polar surface area (TPSA) is 54.4 Å². The molecule has 5 rings (SSSR count). The van der Waals surface area contributed by atoms with E-state index in [2.05, 4.69) is 4.90 Å². The number of thioether (sulfide) groups is 2. The molecule has 0 spiro atoms. The van der Waals surface area contributed by atoms with Crippen LogP contribution in [0.25, 0.3) is 0 Å². The number of carbonyl (C=O) groups excluding carboxylic acids is 1. The molecule has 6 nitrogen and oxygen atoms in total. The van der Waals surface area contributed by atoms with Gasteiger partial charge in [-0.25, -0.2) is 4.99 Å². The minimum Gasteiger partial charge on any atom is -0.497 e. The van der Waals surface area contributed by atoms with E-state index in [1.165, 1.54) is 18.2 Å². The van der Waals surface area contributed by atoms with Crippen molar-refractivity contribution in [2.75, 3.05) is 26.2 Å². The summed E-state index contributed by atoms with van der Waals surface area (Å²) in [5, 5.41) is 2.18. The van der Waals surface area contributed by atoms with Crippen molar-refractivity contribution in [1.82, 2.24) is 4.90 Å². The van der Waals surface area contributed by atoms with E-state index in [1.807, 2.05) is 30.1 Å². The van der Waals surface area contributed by atoms with Gasteiger partial charge in [0.25, 0.3) is 5.91 Å². The average Bonchev–Trinajstić information content (AvgIpc) is 3.35. The fourth-order valence-corrected chi connectivity index (χ4v) is 7.10. The highest BCUT2D eigenvalue weighted by atomic mass is 35.5. The summed E-state index contributed by atoms with van der Waals surface area (Å²) in [6.45, 7) is 0. The maximum atomic E-state index is 13.9. The maximum absolute atomic E-state index is 13.9. The lowest BCUT2D eigenvalue weighted by Crippen LogP contribution is -2.40. The minimum absolute atomic E-state index is 0.0192. The summed E-state index contributed by atoms with van der Waals surface area (Å²) < 4.78 is 10.9. The van der Waals surface area contributed by atoms with Crippen LogP contribution in [0.5, 0.6) is 11.5 Å². The van der Waals surface area contributed by atoms with Crippen molar-refractivity contribution in [3.63, 3.8) is 0 Å². The molecule has 2 aromatic carbocycles. The van der Waals surface area contributed by atoms with Crippen LogP contribution >= 0.6 is 35.1 Å². The van der Waals surface area contributed by atoms with Crippen LogP contribution in [0.2, 0.25) is 5.02 Å². The van der Waals surface area contributed by atoms with E-state index >= 15 is 0 Å². The third-order valence-electron chi connectivity index (χ3n) is 6.34. The first kappa shape index (κ1) is 23.5. The van der Waals surface area contributed by atoms with Crippen LogP contribution in [0.4, 0.5) is 11.4 Å². The number of halogens is 1. The van der Waals surface area contributed by atoms with Crippen LogP contribution in [-0.4, -0.2) is 43.3 Å². The van der Waals surface area contributed by atoms with Crippen LogP contribution in [-0.2, 0) is 4.79 Å². The molecule has 2 fully saturated rings. The van der Waals surface area contributed by atoms with Gasteiger partial charge in [-0.3, -0.25) is 9.69 Å². The van der Waals surface area contributed by atoms with Gasteiger partial charge in [0.15, 0.2) is 5.17 Å². The van der Waals surface area contributed by atoms with Gasteiger partial charge < -0.3 is 14.4 Å². The molecular formula is C25H26ClN3O3S2. The lowest BCUT2D eigenvalue weighted by atomic mass is 9.94. The van der Waals surface area contributed by atoms with Gasteiger partial charge in [0, 0.05) is 29.1 Å². The van der Waals surface area contributed by atoms with Crippen LogP contribution in [0.15, 0.2) is 56.2 Å². The molecule has 0 unspecified atom stereocenters. The number of hydrogen-bond donors (Lipinski definition) is 0. The summed E-state index contributed by atoms with van der Waals surface area (Å²) in [5.74, 6) is 1.44. The molecule has 0 bridgehead atoms. The number of ether oxygens (including phenoxy) is 2. The van der Waals surface area contributed by atoms with Crippen LogP contribution in [0.1, 0.15) is 32.1 Å². The molecule has 1 aliphatic carbocycles. The monoisotopic (exact) mass is 515 g/mol. The Bertz CT molecular complexity index is 1190.